The maximum absolute atomic E-state index is 10.8. The third-order valence-electron chi connectivity index (χ3n) is 2.26. The molecule has 1 aromatic rings. The van der Waals surface area contributed by atoms with Crippen molar-refractivity contribution in [2.24, 2.45) is 4.40 Å². The molecular weight excluding hydrogens is 238 g/mol. The molecule has 0 saturated heterocycles. The summed E-state index contributed by atoms with van der Waals surface area (Å²) in [7, 11) is 0. The number of hydrogen-bond donors (Lipinski definition) is 3. The zero-order valence-corrected chi connectivity index (χ0v) is 10.2. The van der Waals surface area contributed by atoms with Crippen LogP contribution in [0, 0.1) is 0 Å². The lowest BCUT2D eigenvalue weighted by molar-refractivity contribution is 0.0696. The predicted molar refractivity (Wildman–Crippen MR) is 68.6 cm³/mol. The van der Waals surface area contributed by atoms with Gasteiger partial charge in [-0.1, -0.05) is 6.92 Å². The van der Waals surface area contributed by atoms with Gasteiger partial charge in [0.2, 0.25) is 5.96 Å². The molecule has 0 bridgehead atoms. The van der Waals surface area contributed by atoms with Gasteiger partial charge in [0.25, 0.3) is 0 Å². The largest absolute Gasteiger partial charge is 0.478 e. The molecule has 1 aliphatic rings. The van der Waals surface area contributed by atoms with Crippen LogP contribution in [0.25, 0.3) is 0 Å². The quantitative estimate of drug-likeness (QED) is 0.718. The van der Waals surface area contributed by atoms with E-state index in [4.69, 9.17) is 5.11 Å². The van der Waals surface area contributed by atoms with E-state index in [0.717, 1.165) is 23.5 Å². The third-order valence-corrected chi connectivity index (χ3v) is 3.07. The second-order valence-electron chi connectivity index (χ2n) is 3.60. The highest BCUT2D eigenvalue weighted by atomic mass is 32.2. The predicted octanol–water partition coefficient (Wildman–Crippen LogP) is 2.17. The van der Waals surface area contributed by atoms with Crippen molar-refractivity contribution in [1.29, 1.82) is 0 Å². The molecule has 2 rings (SSSR count). The highest BCUT2D eigenvalue weighted by molar-refractivity contribution is 7.98. The van der Waals surface area contributed by atoms with E-state index >= 15 is 0 Å². The fourth-order valence-electron chi connectivity index (χ4n) is 1.40. The van der Waals surface area contributed by atoms with Crippen molar-refractivity contribution in [3.05, 3.63) is 23.8 Å². The number of carbonyl (C=O) groups is 1. The van der Waals surface area contributed by atoms with Gasteiger partial charge in [0, 0.05) is 18.5 Å². The number of carboxylic acids is 1. The van der Waals surface area contributed by atoms with Crippen LogP contribution in [0.3, 0.4) is 0 Å². The number of aromatic carboxylic acids is 1. The average molecular weight is 251 g/mol. The Morgan fingerprint density at radius 2 is 2.41 bits per heavy atom. The van der Waals surface area contributed by atoms with Crippen molar-refractivity contribution >= 4 is 29.6 Å². The van der Waals surface area contributed by atoms with Crippen LogP contribution in [0.15, 0.2) is 27.5 Å². The van der Waals surface area contributed by atoms with Gasteiger partial charge in [0.1, 0.15) is 0 Å². The van der Waals surface area contributed by atoms with Gasteiger partial charge in [0.05, 0.1) is 16.1 Å². The Balaban J connectivity index is 2.14. The summed E-state index contributed by atoms with van der Waals surface area (Å²) in [5, 5.41) is 15.2. The molecule has 17 heavy (non-hydrogen) atoms. The van der Waals surface area contributed by atoms with Crippen molar-refractivity contribution in [3.63, 3.8) is 0 Å². The zero-order chi connectivity index (χ0) is 12.3. The van der Waals surface area contributed by atoms with Gasteiger partial charge in [0.15, 0.2) is 0 Å². The van der Waals surface area contributed by atoms with Gasteiger partial charge in [-0.2, -0.15) is 4.40 Å². The van der Waals surface area contributed by atoms with Crippen LogP contribution in [0.1, 0.15) is 23.7 Å². The Morgan fingerprint density at radius 1 is 1.59 bits per heavy atom. The van der Waals surface area contributed by atoms with Gasteiger partial charge in [-0.3, -0.25) is 0 Å². The summed E-state index contributed by atoms with van der Waals surface area (Å²) in [5.41, 5.74) is 1.16. The van der Waals surface area contributed by atoms with Crippen LogP contribution in [0.4, 0.5) is 5.69 Å². The topological polar surface area (TPSA) is 73.7 Å². The molecule has 0 atom stereocenters. The van der Waals surface area contributed by atoms with E-state index in [0.29, 0.717) is 5.96 Å². The molecule has 6 heteroatoms. The van der Waals surface area contributed by atoms with Crippen molar-refractivity contribution in [2.45, 2.75) is 18.2 Å². The van der Waals surface area contributed by atoms with Gasteiger partial charge < -0.3 is 15.7 Å². The highest BCUT2D eigenvalue weighted by Crippen LogP contribution is 2.32. The number of hydrogen-bond acceptors (Lipinski definition) is 5. The van der Waals surface area contributed by atoms with E-state index in [9.17, 15) is 4.79 Å². The molecule has 0 fully saturated rings. The number of carboxylic acid groups (broad SMARTS) is 1. The van der Waals surface area contributed by atoms with Crippen LogP contribution in [-0.4, -0.2) is 23.6 Å². The second kappa shape index (κ2) is 5.09. The Labute approximate surface area is 103 Å². The third kappa shape index (κ3) is 2.71. The fourth-order valence-corrected chi connectivity index (χ4v) is 2.10. The summed E-state index contributed by atoms with van der Waals surface area (Å²) in [4.78, 5) is 11.6. The van der Waals surface area contributed by atoms with Crippen LogP contribution in [-0.2, 0) is 0 Å². The van der Waals surface area contributed by atoms with Crippen LogP contribution in [0.2, 0.25) is 0 Å². The summed E-state index contributed by atoms with van der Waals surface area (Å²) < 4.78 is 4.23. The molecule has 3 N–H and O–H groups in total. The number of anilines is 1. The fraction of sp³-hybridized carbons (Fsp3) is 0.273. The lowest BCUT2D eigenvalue weighted by Gasteiger charge is -2.18. The van der Waals surface area contributed by atoms with Crippen molar-refractivity contribution < 1.29 is 9.90 Å². The molecule has 90 valence electrons. The van der Waals surface area contributed by atoms with Crippen LogP contribution >= 0.6 is 11.9 Å². The van der Waals surface area contributed by atoms with Crippen molar-refractivity contribution in [2.75, 3.05) is 11.9 Å². The molecular formula is C11H13N3O2S. The molecule has 0 aromatic heterocycles. The molecule has 0 aliphatic carbocycles. The molecule has 5 nitrogen and oxygen atoms in total. The number of fused-ring (bicyclic) bond motifs is 1. The summed E-state index contributed by atoms with van der Waals surface area (Å²) >= 11 is 1.28. The summed E-state index contributed by atoms with van der Waals surface area (Å²) in [5.74, 6) is -0.209. The van der Waals surface area contributed by atoms with E-state index in [1.807, 2.05) is 0 Å². The molecule has 0 spiro atoms. The normalized spacial score (nSPS) is 13.4. The molecule has 1 heterocycles. The minimum absolute atomic E-state index is 0.276. The van der Waals surface area contributed by atoms with Gasteiger partial charge in [-0.25, -0.2) is 4.79 Å². The first-order valence-electron chi connectivity index (χ1n) is 5.34. The first-order valence-corrected chi connectivity index (χ1v) is 6.11. The van der Waals surface area contributed by atoms with E-state index in [1.165, 1.54) is 11.9 Å². The number of rotatable bonds is 3. The zero-order valence-electron chi connectivity index (χ0n) is 9.36. The molecule has 1 aromatic carbocycles. The first kappa shape index (κ1) is 11.8. The maximum atomic E-state index is 10.8. The summed E-state index contributed by atoms with van der Waals surface area (Å²) in [6, 6.07) is 4.96. The molecule has 1 aliphatic heterocycles. The Morgan fingerprint density at radius 3 is 3.12 bits per heavy atom. The molecule has 0 unspecified atom stereocenters. The SMILES string of the molecule is CCCNC1=NSc2cc(C(=O)O)ccc2N1. The van der Waals surface area contributed by atoms with Crippen LogP contribution in [0.5, 0.6) is 0 Å². The molecule has 0 saturated carbocycles. The van der Waals surface area contributed by atoms with Crippen molar-refractivity contribution in [1.82, 2.24) is 5.32 Å². The average Bonchev–Trinajstić information content (AvgIpc) is 2.35. The van der Waals surface area contributed by atoms with Crippen LogP contribution < -0.4 is 10.6 Å². The molecule has 0 amide bonds. The van der Waals surface area contributed by atoms with E-state index in [2.05, 4.69) is 22.0 Å². The maximum Gasteiger partial charge on any atom is 0.335 e. The number of nitrogens with zero attached hydrogens (tertiary/aromatic N) is 1. The minimum Gasteiger partial charge on any atom is -0.478 e. The standard InChI is InChI=1S/C11H13N3O2S/c1-2-5-12-11-13-8-4-3-7(10(15)16)6-9(8)17-14-11/h3-4,6H,2,5H2,1H3,(H,15,16)(H2,12,13,14). The minimum atomic E-state index is -0.924. The van der Waals surface area contributed by atoms with Gasteiger partial charge in [-0.15, -0.1) is 0 Å². The number of nitrogens with one attached hydrogen (secondary N) is 2. The highest BCUT2D eigenvalue weighted by Gasteiger charge is 2.14. The Kier molecular flexibility index (Phi) is 3.53. The molecule has 0 radical (unpaired) electrons. The number of benzene rings is 1. The van der Waals surface area contributed by atoms with E-state index in [-0.39, 0.29) is 5.56 Å². The van der Waals surface area contributed by atoms with Gasteiger partial charge >= 0.3 is 5.97 Å². The monoisotopic (exact) mass is 251 g/mol. The first-order chi connectivity index (χ1) is 8.20. The smallest absolute Gasteiger partial charge is 0.335 e. The van der Waals surface area contributed by atoms with E-state index in [1.54, 1.807) is 18.2 Å². The lowest BCUT2D eigenvalue weighted by Crippen LogP contribution is -2.32. The summed E-state index contributed by atoms with van der Waals surface area (Å²) in [6.45, 7) is 2.94. The van der Waals surface area contributed by atoms with Gasteiger partial charge in [-0.05, 0) is 24.6 Å². The second-order valence-corrected chi connectivity index (χ2v) is 4.40. The Bertz CT molecular complexity index is 474. The van der Waals surface area contributed by atoms with E-state index < -0.39 is 5.97 Å². The van der Waals surface area contributed by atoms with Crippen molar-refractivity contribution in [3.8, 4) is 0 Å². The number of guanidine groups is 1. The lowest BCUT2D eigenvalue weighted by atomic mass is 10.2. The summed E-state index contributed by atoms with van der Waals surface area (Å²) in [6.07, 6.45) is 1.02. The Hall–Kier alpha value is -1.69.